The standard InChI is InChI=1S/C8H10O3S/c1-2-6(9)7-5(8(10)11)3-4-12-7/h3-4,6,9H,2H2,1H3,(H,10,11). The van der Waals surface area contributed by atoms with E-state index in [0.717, 1.165) is 0 Å². The Hall–Kier alpha value is -0.870. The summed E-state index contributed by atoms with van der Waals surface area (Å²) in [6.07, 6.45) is -0.100. The van der Waals surface area contributed by atoms with Gasteiger partial charge in [-0.1, -0.05) is 6.92 Å². The molecule has 1 aromatic rings. The summed E-state index contributed by atoms with van der Waals surface area (Å²) in [5, 5.41) is 19.8. The molecule has 3 nitrogen and oxygen atoms in total. The Balaban J connectivity index is 2.98. The first kappa shape index (κ1) is 9.22. The zero-order valence-electron chi connectivity index (χ0n) is 6.65. The van der Waals surface area contributed by atoms with Gasteiger partial charge < -0.3 is 10.2 Å². The van der Waals surface area contributed by atoms with Crippen molar-refractivity contribution in [1.82, 2.24) is 0 Å². The molecular formula is C8H10O3S. The van der Waals surface area contributed by atoms with E-state index in [1.807, 2.05) is 6.92 Å². The monoisotopic (exact) mass is 186 g/mol. The molecule has 0 saturated heterocycles. The van der Waals surface area contributed by atoms with Crippen LogP contribution in [0.3, 0.4) is 0 Å². The first-order valence-corrected chi connectivity index (χ1v) is 4.53. The number of aliphatic hydroxyl groups is 1. The number of carbonyl (C=O) groups is 1. The first-order chi connectivity index (χ1) is 5.66. The van der Waals surface area contributed by atoms with Gasteiger partial charge in [0.1, 0.15) is 0 Å². The van der Waals surface area contributed by atoms with Crippen LogP contribution in [-0.4, -0.2) is 16.2 Å². The lowest BCUT2D eigenvalue weighted by molar-refractivity contribution is 0.0690. The lowest BCUT2D eigenvalue weighted by Gasteiger charge is -2.05. The van der Waals surface area contributed by atoms with E-state index in [2.05, 4.69) is 0 Å². The number of rotatable bonds is 3. The maximum atomic E-state index is 10.6. The van der Waals surface area contributed by atoms with Gasteiger partial charge in [0.15, 0.2) is 0 Å². The predicted molar refractivity (Wildman–Crippen MR) is 46.5 cm³/mol. The molecule has 2 N–H and O–H groups in total. The molecule has 4 heteroatoms. The Bertz CT molecular complexity index is 280. The second-order valence-electron chi connectivity index (χ2n) is 2.43. The van der Waals surface area contributed by atoms with Crippen molar-refractivity contribution in [3.8, 4) is 0 Å². The van der Waals surface area contributed by atoms with Gasteiger partial charge in [-0.25, -0.2) is 4.79 Å². The van der Waals surface area contributed by atoms with Crippen molar-refractivity contribution in [3.05, 3.63) is 21.9 Å². The van der Waals surface area contributed by atoms with E-state index in [1.54, 1.807) is 5.38 Å². The lowest BCUT2D eigenvalue weighted by Crippen LogP contribution is -2.02. The van der Waals surface area contributed by atoms with E-state index in [0.29, 0.717) is 11.3 Å². The Morgan fingerprint density at radius 2 is 2.42 bits per heavy atom. The van der Waals surface area contributed by atoms with Crippen LogP contribution in [0.2, 0.25) is 0 Å². The van der Waals surface area contributed by atoms with Crippen LogP contribution in [0.5, 0.6) is 0 Å². The second-order valence-corrected chi connectivity index (χ2v) is 3.38. The number of hydrogen-bond acceptors (Lipinski definition) is 3. The molecule has 0 fully saturated rings. The average Bonchev–Trinajstić information content (AvgIpc) is 2.50. The minimum atomic E-state index is -0.973. The van der Waals surface area contributed by atoms with Gasteiger partial charge in [-0.15, -0.1) is 11.3 Å². The maximum Gasteiger partial charge on any atom is 0.336 e. The lowest BCUT2D eigenvalue weighted by atomic mass is 10.1. The van der Waals surface area contributed by atoms with Crippen molar-refractivity contribution < 1.29 is 15.0 Å². The van der Waals surface area contributed by atoms with E-state index < -0.39 is 12.1 Å². The van der Waals surface area contributed by atoms with Crippen molar-refractivity contribution in [3.63, 3.8) is 0 Å². The normalized spacial score (nSPS) is 12.8. The second kappa shape index (κ2) is 3.69. The van der Waals surface area contributed by atoms with Crippen molar-refractivity contribution >= 4 is 17.3 Å². The molecule has 0 amide bonds. The van der Waals surface area contributed by atoms with Crippen LogP contribution in [-0.2, 0) is 0 Å². The molecule has 0 aliphatic rings. The highest BCUT2D eigenvalue weighted by Crippen LogP contribution is 2.26. The van der Waals surface area contributed by atoms with E-state index in [1.165, 1.54) is 17.4 Å². The fourth-order valence-electron chi connectivity index (χ4n) is 0.941. The van der Waals surface area contributed by atoms with Crippen molar-refractivity contribution in [2.45, 2.75) is 19.4 Å². The number of carboxylic acid groups (broad SMARTS) is 1. The van der Waals surface area contributed by atoms with Crippen LogP contribution in [0, 0.1) is 0 Å². The predicted octanol–water partition coefficient (Wildman–Crippen LogP) is 1.89. The van der Waals surface area contributed by atoms with Crippen molar-refractivity contribution in [1.29, 1.82) is 0 Å². The molecule has 0 radical (unpaired) electrons. The summed E-state index contributed by atoms with van der Waals surface area (Å²) in [6.45, 7) is 1.82. The fourth-order valence-corrected chi connectivity index (χ4v) is 1.90. The summed E-state index contributed by atoms with van der Waals surface area (Å²) in [5.74, 6) is -0.973. The third-order valence-corrected chi connectivity index (χ3v) is 2.63. The molecule has 1 aromatic heterocycles. The van der Waals surface area contributed by atoms with Gasteiger partial charge in [0.05, 0.1) is 11.7 Å². The van der Waals surface area contributed by atoms with Crippen molar-refractivity contribution in [2.75, 3.05) is 0 Å². The molecule has 0 spiro atoms. The SMILES string of the molecule is CCC(O)c1sccc1C(=O)O. The Morgan fingerprint density at radius 1 is 1.75 bits per heavy atom. The van der Waals surface area contributed by atoms with Gasteiger partial charge >= 0.3 is 5.97 Å². The minimum absolute atomic E-state index is 0.217. The largest absolute Gasteiger partial charge is 0.478 e. The van der Waals surface area contributed by atoms with Gasteiger partial charge in [0.25, 0.3) is 0 Å². The molecule has 1 rings (SSSR count). The summed E-state index contributed by atoms with van der Waals surface area (Å²) in [7, 11) is 0. The molecule has 12 heavy (non-hydrogen) atoms. The zero-order chi connectivity index (χ0) is 9.14. The summed E-state index contributed by atoms with van der Waals surface area (Å²) in [4.78, 5) is 11.1. The van der Waals surface area contributed by atoms with Crippen LogP contribution >= 0.6 is 11.3 Å². The summed E-state index contributed by atoms with van der Waals surface area (Å²) >= 11 is 1.28. The molecule has 66 valence electrons. The third kappa shape index (κ3) is 1.65. The smallest absolute Gasteiger partial charge is 0.336 e. The van der Waals surface area contributed by atoms with Crippen LogP contribution < -0.4 is 0 Å². The van der Waals surface area contributed by atoms with Gasteiger partial charge in [0, 0.05) is 4.88 Å². The van der Waals surface area contributed by atoms with E-state index in [9.17, 15) is 9.90 Å². The summed E-state index contributed by atoms with van der Waals surface area (Å²) in [6, 6.07) is 1.52. The third-order valence-electron chi connectivity index (χ3n) is 1.61. The summed E-state index contributed by atoms with van der Waals surface area (Å²) in [5.41, 5.74) is 0.217. The van der Waals surface area contributed by atoms with Crippen molar-refractivity contribution in [2.24, 2.45) is 0 Å². The molecule has 1 unspecified atom stereocenters. The highest BCUT2D eigenvalue weighted by molar-refractivity contribution is 7.10. The van der Waals surface area contributed by atoms with Crippen LogP contribution in [0.1, 0.15) is 34.7 Å². The molecule has 1 atom stereocenters. The van der Waals surface area contributed by atoms with Crippen LogP contribution in [0.4, 0.5) is 0 Å². The molecule has 0 saturated carbocycles. The minimum Gasteiger partial charge on any atom is -0.478 e. The van der Waals surface area contributed by atoms with Crippen LogP contribution in [0.25, 0.3) is 0 Å². The summed E-state index contributed by atoms with van der Waals surface area (Å²) < 4.78 is 0. The van der Waals surface area contributed by atoms with Gasteiger partial charge in [-0.05, 0) is 17.9 Å². The van der Waals surface area contributed by atoms with E-state index in [4.69, 9.17) is 5.11 Å². The Labute approximate surface area is 74.3 Å². The molecule has 0 aromatic carbocycles. The average molecular weight is 186 g/mol. The molecule has 0 aliphatic heterocycles. The van der Waals surface area contributed by atoms with Gasteiger partial charge in [-0.3, -0.25) is 0 Å². The quantitative estimate of drug-likeness (QED) is 0.757. The first-order valence-electron chi connectivity index (χ1n) is 3.65. The number of aliphatic hydroxyl groups excluding tert-OH is 1. The van der Waals surface area contributed by atoms with Gasteiger partial charge in [-0.2, -0.15) is 0 Å². The topological polar surface area (TPSA) is 57.5 Å². The number of thiophene rings is 1. The number of carboxylic acids is 1. The highest BCUT2D eigenvalue weighted by atomic mass is 32.1. The number of aromatic carboxylic acids is 1. The zero-order valence-corrected chi connectivity index (χ0v) is 7.47. The van der Waals surface area contributed by atoms with Gasteiger partial charge in [0.2, 0.25) is 0 Å². The molecule has 0 aliphatic carbocycles. The van der Waals surface area contributed by atoms with E-state index >= 15 is 0 Å². The highest BCUT2D eigenvalue weighted by Gasteiger charge is 2.16. The molecular weight excluding hydrogens is 176 g/mol. The number of hydrogen-bond donors (Lipinski definition) is 2. The Kier molecular flexibility index (Phi) is 2.83. The van der Waals surface area contributed by atoms with Crippen LogP contribution in [0.15, 0.2) is 11.4 Å². The molecule has 1 heterocycles. The maximum absolute atomic E-state index is 10.6. The van der Waals surface area contributed by atoms with E-state index in [-0.39, 0.29) is 5.56 Å². The molecule has 0 bridgehead atoms. The fraction of sp³-hybridized carbons (Fsp3) is 0.375. The Morgan fingerprint density at radius 3 is 2.92 bits per heavy atom.